The van der Waals surface area contributed by atoms with Crippen LogP contribution < -0.4 is 5.73 Å². The molecule has 1 rings (SSSR count). The normalized spacial score (nSPS) is 21.6. The molecule has 1 heteroatoms. The molecule has 0 atom stereocenters. The van der Waals surface area contributed by atoms with Crippen molar-refractivity contribution in [3.05, 3.63) is 12.2 Å². The van der Waals surface area contributed by atoms with Gasteiger partial charge in [-0.3, -0.25) is 0 Å². The van der Waals surface area contributed by atoms with Crippen molar-refractivity contribution in [3.8, 4) is 0 Å². The third kappa shape index (κ3) is 1.55. The Bertz CT molecular complexity index is 123. The van der Waals surface area contributed by atoms with E-state index in [-0.39, 0.29) is 0 Å². The molecular formula is C8H15N. The number of hydrogen-bond acceptors (Lipinski definition) is 1. The van der Waals surface area contributed by atoms with Crippen LogP contribution in [0.15, 0.2) is 12.2 Å². The molecule has 1 aliphatic carbocycles. The Morgan fingerprint density at radius 3 is 2.33 bits per heavy atom. The van der Waals surface area contributed by atoms with Gasteiger partial charge in [-0.15, -0.1) is 6.58 Å². The monoisotopic (exact) mass is 125 g/mol. The zero-order valence-corrected chi connectivity index (χ0v) is 6.11. The van der Waals surface area contributed by atoms with Crippen LogP contribution >= 0.6 is 0 Å². The molecule has 0 heterocycles. The van der Waals surface area contributed by atoms with Crippen LogP contribution in [0.1, 0.15) is 26.2 Å². The summed E-state index contributed by atoms with van der Waals surface area (Å²) >= 11 is 0. The predicted octanol–water partition coefficient (Wildman–Crippen LogP) is 1.69. The first-order valence-corrected chi connectivity index (χ1v) is 3.53. The van der Waals surface area contributed by atoms with Gasteiger partial charge < -0.3 is 5.73 Å². The summed E-state index contributed by atoms with van der Waals surface area (Å²) in [4.78, 5) is 0. The molecule has 1 aliphatic rings. The number of allylic oxidation sites excluding steroid dienone is 1. The molecule has 1 fully saturated rings. The lowest BCUT2D eigenvalue weighted by atomic mass is 9.99. The maximum Gasteiger partial charge on any atom is -0.00175 e. The average molecular weight is 125 g/mol. The number of nitrogens with two attached hydrogens (primary N) is 1. The van der Waals surface area contributed by atoms with Gasteiger partial charge in [-0.2, -0.15) is 0 Å². The molecular weight excluding hydrogens is 110 g/mol. The van der Waals surface area contributed by atoms with E-state index in [1.165, 1.54) is 18.4 Å². The summed E-state index contributed by atoms with van der Waals surface area (Å²) in [5.74, 6) is 0. The van der Waals surface area contributed by atoms with E-state index >= 15 is 0 Å². The van der Waals surface area contributed by atoms with Gasteiger partial charge in [0, 0.05) is 0 Å². The smallest absolute Gasteiger partial charge is 0.00175 e. The minimum absolute atomic E-state index is 0.492. The summed E-state index contributed by atoms with van der Waals surface area (Å²) < 4.78 is 0. The lowest BCUT2D eigenvalue weighted by Gasteiger charge is -2.10. The van der Waals surface area contributed by atoms with Crippen LogP contribution in [-0.2, 0) is 0 Å². The molecule has 0 amide bonds. The minimum Gasteiger partial charge on any atom is -0.330 e. The highest BCUT2D eigenvalue weighted by atomic mass is 14.6. The van der Waals surface area contributed by atoms with E-state index < -0.39 is 0 Å². The van der Waals surface area contributed by atoms with Crippen LogP contribution in [0.2, 0.25) is 0 Å². The van der Waals surface area contributed by atoms with E-state index in [1.807, 2.05) is 0 Å². The highest BCUT2D eigenvalue weighted by Crippen LogP contribution is 2.49. The van der Waals surface area contributed by atoms with E-state index in [2.05, 4.69) is 13.5 Å². The molecule has 0 bridgehead atoms. The molecule has 0 radical (unpaired) electrons. The van der Waals surface area contributed by atoms with Crippen LogP contribution in [0, 0.1) is 5.41 Å². The first-order valence-electron chi connectivity index (χ1n) is 3.53. The van der Waals surface area contributed by atoms with Crippen molar-refractivity contribution in [1.29, 1.82) is 0 Å². The van der Waals surface area contributed by atoms with Gasteiger partial charge in [-0.05, 0) is 38.1 Å². The molecule has 0 aromatic heterocycles. The van der Waals surface area contributed by atoms with Crippen LogP contribution in [0.3, 0.4) is 0 Å². The molecule has 9 heavy (non-hydrogen) atoms. The quantitative estimate of drug-likeness (QED) is 0.571. The predicted molar refractivity (Wildman–Crippen MR) is 40.2 cm³/mol. The van der Waals surface area contributed by atoms with E-state index in [9.17, 15) is 0 Å². The molecule has 0 unspecified atom stereocenters. The van der Waals surface area contributed by atoms with Crippen LogP contribution in [-0.4, -0.2) is 6.54 Å². The molecule has 0 aliphatic heterocycles. The van der Waals surface area contributed by atoms with Gasteiger partial charge in [-0.1, -0.05) is 5.57 Å². The molecule has 2 N–H and O–H groups in total. The molecule has 52 valence electrons. The third-order valence-corrected chi connectivity index (χ3v) is 2.07. The van der Waals surface area contributed by atoms with Crippen molar-refractivity contribution in [2.75, 3.05) is 6.54 Å². The highest BCUT2D eigenvalue weighted by molar-refractivity contribution is 5.04. The van der Waals surface area contributed by atoms with Gasteiger partial charge in [0.25, 0.3) is 0 Å². The lowest BCUT2D eigenvalue weighted by Crippen LogP contribution is -2.15. The van der Waals surface area contributed by atoms with Crippen molar-refractivity contribution >= 4 is 0 Å². The standard InChI is InChI=1S/C8H15N/c1-7(2)5-8(6-9)3-4-8/h1,3-6,9H2,2H3. The Morgan fingerprint density at radius 1 is 1.67 bits per heavy atom. The van der Waals surface area contributed by atoms with Gasteiger partial charge in [0.05, 0.1) is 0 Å². The Labute approximate surface area is 56.9 Å². The fourth-order valence-corrected chi connectivity index (χ4v) is 1.27. The largest absolute Gasteiger partial charge is 0.330 e. The van der Waals surface area contributed by atoms with E-state index in [4.69, 9.17) is 5.73 Å². The SMILES string of the molecule is C=C(C)CC1(CN)CC1. The Morgan fingerprint density at radius 2 is 2.22 bits per heavy atom. The second-order valence-electron chi connectivity index (χ2n) is 3.34. The topological polar surface area (TPSA) is 26.0 Å². The first-order chi connectivity index (χ1) is 4.18. The Hall–Kier alpha value is -0.300. The summed E-state index contributed by atoms with van der Waals surface area (Å²) in [6.45, 7) is 6.80. The van der Waals surface area contributed by atoms with Crippen LogP contribution in [0.25, 0.3) is 0 Å². The molecule has 0 saturated heterocycles. The van der Waals surface area contributed by atoms with E-state index in [0.29, 0.717) is 5.41 Å². The molecule has 0 aromatic carbocycles. The average Bonchev–Trinajstić information content (AvgIpc) is 2.48. The second-order valence-corrected chi connectivity index (χ2v) is 3.34. The summed E-state index contributed by atoms with van der Waals surface area (Å²) in [5, 5.41) is 0. The Balaban J connectivity index is 2.33. The fourth-order valence-electron chi connectivity index (χ4n) is 1.27. The van der Waals surface area contributed by atoms with E-state index in [0.717, 1.165) is 13.0 Å². The maximum atomic E-state index is 5.58. The first kappa shape index (κ1) is 6.81. The van der Waals surface area contributed by atoms with Crippen molar-refractivity contribution < 1.29 is 0 Å². The van der Waals surface area contributed by atoms with Gasteiger partial charge in [0.1, 0.15) is 0 Å². The van der Waals surface area contributed by atoms with Gasteiger partial charge in [0.15, 0.2) is 0 Å². The molecule has 0 aromatic rings. The summed E-state index contributed by atoms with van der Waals surface area (Å²) in [7, 11) is 0. The highest BCUT2D eigenvalue weighted by Gasteiger charge is 2.40. The van der Waals surface area contributed by atoms with Gasteiger partial charge in [0.2, 0.25) is 0 Å². The van der Waals surface area contributed by atoms with Crippen LogP contribution in [0.4, 0.5) is 0 Å². The van der Waals surface area contributed by atoms with Crippen LogP contribution in [0.5, 0.6) is 0 Å². The minimum atomic E-state index is 0.492. The van der Waals surface area contributed by atoms with Gasteiger partial charge in [-0.25, -0.2) is 0 Å². The number of rotatable bonds is 3. The molecule has 1 nitrogen and oxygen atoms in total. The maximum absolute atomic E-state index is 5.58. The lowest BCUT2D eigenvalue weighted by molar-refractivity contribution is 0.519. The zero-order valence-electron chi connectivity index (χ0n) is 6.11. The summed E-state index contributed by atoms with van der Waals surface area (Å²) in [5.41, 5.74) is 7.34. The fraction of sp³-hybridized carbons (Fsp3) is 0.750. The van der Waals surface area contributed by atoms with Crippen molar-refractivity contribution in [2.24, 2.45) is 11.1 Å². The van der Waals surface area contributed by atoms with Crippen molar-refractivity contribution in [3.63, 3.8) is 0 Å². The molecule has 0 spiro atoms. The second kappa shape index (κ2) is 2.14. The zero-order chi connectivity index (χ0) is 6.91. The number of hydrogen-bond donors (Lipinski definition) is 1. The van der Waals surface area contributed by atoms with Crippen molar-refractivity contribution in [1.82, 2.24) is 0 Å². The van der Waals surface area contributed by atoms with Gasteiger partial charge >= 0.3 is 0 Å². The van der Waals surface area contributed by atoms with E-state index in [1.54, 1.807) is 0 Å². The third-order valence-electron chi connectivity index (χ3n) is 2.07. The molecule has 1 saturated carbocycles. The Kier molecular flexibility index (Phi) is 1.62. The van der Waals surface area contributed by atoms with Crippen molar-refractivity contribution in [2.45, 2.75) is 26.2 Å². The summed E-state index contributed by atoms with van der Waals surface area (Å²) in [6.07, 6.45) is 3.77. The summed E-state index contributed by atoms with van der Waals surface area (Å²) in [6, 6.07) is 0.